The maximum atomic E-state index is 12.4. The first-order chi connectivity index (χ1) is 8.07. The van der Waals surface area contributed by atoms with E-state index in [1.165, 1.54) is 7.11 Å². The van der Waals surface area contributed by atoms with Crippen molar-refractivity contribution >= 4 is 11.3 Å². The van der Waals surface area contributed by atoms with Gasteiger partial charge in [-0.3, -0.25) is 0 Å². The molecule has 0 radical (unpaired) electrons. The van der Waals surface area contributed by atoms with E-state index in [1.54, 1.807) is 0 Å². The van der Waals surface area contributed by atoms with Crippen LogP contribution in [0.2, 0.25) is 0 Å². The molecule has 2 unspecified atom stereocenters. The average molecular weight is 283 g/mol. The Kier molecular flexibility index (Phi) is 4.40. The highest BCUT2D eigenvalue weighted by Gasteiger charge is 2.38. The summed E-state index contributed by atoms with van der Waals surface area (Å²) in [6.07, 6.45) is -5.15. The van der Waals surface area contributed by atoms with E-state index < -0.39 is 28.8 Å². The number of nitrogens with zero attached hydrogens (tertiary/aromatic N) is 1. The highest BCUT2D eigenvalue weighted by Crippen LogP contribution is 2.38. The van der Waals surface area contributed by atoms with E-state index in [-0.39, 0.29) is 4.88 Å². The molecule has 0 aromatic carbocycles. The van der Waals surface area contributed by atoms with Gasteiger partial charge in [0.25, 0.3) is 0 Å². The zero-order valence-corrected chi connectivity index (χ0v) is 11.4. The Morgan fingerprint density at radius 3 is 2.22 bits per heavy atom. The van der Waals surface area contributed by atoms with Gasteiger partial charge in [-0.2, -0.15) is 13.2 Å². The number of thiazole rings is 1. The highest BCUT2D eigenvalue weighted by atomic mass is 32.1. The van der Waals surface area contributed by atoms with Crippen molar-refractivity contribution < 1.29 is 23.0 Å². The quantitative estimate of drug-likeness (QED) is 0.926. The van der Waals surface area contributed by atoms with Gasteiger partial charge >= 0.3 is 6.18 Å². The van der Waals surface area contributed by atoms with Crippen LogP contribution in [0.15, 0.2) is 6.20 Å². The predicted octanol–water partition coefficient (Wildman–Crippen LogP) is 3.26. The number of aromatic nitrogens is 1. The molecule has 1 heterocycles. The third-order valence-corrected chi connectivity index (χ3v) is 3.56. The van der Waals surface area contributed by atoms with Crippen molar-refractivity contribution in [3.05, 3.63) is 16.1 Å². The molecular weight excluding hydrogens is 267 g/mol. The number of hydrogen-bond acceptors (Lipinski definition) is 4. The Labute approximate surface area is 108 Å². The Morgan fingerprint density at radius 2 is 1.89 bits per heavy atom. The number of methoxy groups -OCH3 is 1. The summed E-state index contributed by atoms with van der Waals surface area (Å²) >= 11 is 0.442. The van der Waals surface area contributed by atoms with Crippen molar-refractivity contribution in [2.24, 2.45) is 5.41 Å². The van der Waals surface area contributed by atoms with Crippen LogP contribution in [0.3, 0.4) is 0 Å². The van der Waals surface area contributed by atoms with Gasteiger partial charge in [0.15, 0.2) is 5.01 Å². The molecule has 0 aliphatic rings. The molecule has 2 atom stereocenters. The van der Waals surface area contributed by atoms with Crippen molar-refractivity contribution in [2.45, 2.75) is 39.2 Å². The zero-order valence-electron chi connectivity index (χ0n) is 10.6. The van der Waals surface area contributed by atoms with Crippen LogP contribution in [-0.2, 0) is 10.9 Å². The van der Waals surface area contributed by atoms with Crippen LogP contribution in [-0.4, -0.2) is 23.3 Å². The first-order valence-electron chi connectivity index (χ1n) is 5.31. The van der Waals surface area contributed by atoms with E-state index in [4.69, 9.17) is 4.74 Å². The summed E-state index contributed by atoms with van der Waals surface area (Å²) in [5.74, 6) is 0. The Balaban J connectivity index is 2.97. The molecule has 0 spiro atoms. The number of ether oxygens (including phenoxy) is 1. The molecule has 0 saturated carbocycles. The maximum absolute atomic E-state index is 12.4. The van der Waals surface area contributed by atoms with Crippen molar-refractivity contribution in [1.82, 2.24) is 4.98 Å². The number of aliphatic hydroxyl groups is 1. The van der Waals surface area contributed by atoms with Gasteiger partial charge in [-0.05, 0) is 5.41 Å². The summed E-state index contributed by atoms with van der Waals surface area (Å²) in [7, 11) is 1.42. The van der Waals surface area contributed by atoms with Gasteiger partial charge in [0.05, 0.1) is 11.0 Å². The van der Waals surface area contributed by atoms with Crippen LogP contribution in [0.4, 0.5) is 13.2 Å². The molecule has 0 aliphatic heterocycles. The summed E-state index contributed by atoms with van der Waals surface area (Å²) in [5, 5.41) is 9.11. The van der Waals surface area contributed by atoms with Crippen molar-refractivity contribution in [3.8, 4) is 0 Å². The standard InChI is InChI=1S/C11H16F3NO2S/c1-10(2,3)8(17-4)7(16)6-5-15-9(18-6)11(12,13)14/h5,7-8,16H,1-4H3. The molecule has 1 N–H and O–H groups in total. The fourth-order valence-electron chi connectivity index (χ4n) is 1.66. The summed E-state index contributed by atoms with van der Waals surface area (Å²) < 4.78 is 42.4. The van der Waals surface area contributed by atoms with E-state index in [0.29, 0.717) is 11.3 Å². The third kappa shape index (κ3) is 3.43. The van der Waals surface area contributed by atoms with E-state index >= 15 is 0 Å². The second-order valence-electron chi connectivity index (χ2n) is 5.03. The van der Waals surface area contributed by atoms with Crippen LogP contribution in [0.25, 0.3) is 0 Å². The number of alkyl halides is 3. The second-order valence-corrected chi connectivity index (χ2v) is 6.09. The summed E-state index contributed by atoms with van der Waals surface area (Å²) in [6.45, 7) is 5.53. The number of rotatable bonds is 3. The van der Waals surface area contributed by atoms with Gasteiger partial charge in [-0.25, -0.2) is 4.98 Å². The molecule has 0 bridgehead atoms. The van der Waals surface area contributed by atoms with E-state index in [0.717, 1.165) is 6.20 Å². The SMILES string of the molecule is COC(C(O)c1cnc(C(F)(F)F)s1)C(C)(C)C. The number of hydrogen-bond donors (Lipinski definition) is 1. The molecule has 1 aromatic rings. The van der Waals surface area contributed by atoms with Gasteiger partial charge in [-0.1, -0.05) is 20.8 Å². The lowest BCUT2D eigenvalue weighted by atomic mass is 9.85. The van der Waals surface area contributed by atoms with E-state index in [2.05, 4.69) is 4.98 Å². The van der Waals surface area contributed by atoms with E-state index in [9.17, 15) is 18.3 Å². The number of aliphatic hydroxyl groups excluding tert-OH is 1. The Morgan fingerprint density at radius 1 is 1.33 bits per heavy atom. The van der Waals surface area contributed by atoms with Crippen molar-refractivity contribution in [2.75, 3.05) is 7.11 Å². The monoisotopic (exact) mass is 283 g/mol. The smallest absolute Gasteiger partial charge is 0.385 e. The first kappa shape index (κ1) is 15.4. The number of halogens is 3. The molecule has 104 valence electrons. The Bertz CT molecular complexity index is 398. The van der Waals surface area contributed by atoms with Crippen LogP contribution in [0.1, 0.15) is 36.8 Å². The minimum absolute atomic E-state index is 0.157. The highest BCUT2D eigenvalue weighted by molar-refractivity contribution is 7.11. The lowest BCUT2D eigenvalue weighted by Gasteiger charge is -2.32. The second kappa shape index (κ2) is 5.14. The maximum Gasteiger partial charge on any atom is 0.443 e. The fraction of sp³-hybridized carbons (Fsp3) is 0.727. The molecule has 0 aliphatic carbocycles. The molecule has 3 nitrogen and oxygen atoms in total. The van der Waals surface area contributed by atoms with Crippen LogP contribution >= 0.6 is 11.3 Å². The molecule has 0 amide bonds. The van der Waals surface area contributed by atoms with E-state index in [1.807, 2.05) is 20.8 Å². The predicted molar refractivity (Wildman–Crippen MR) is 62.3 cm³/mol. The first-order valence-corrected chi connectivity index (χ1v) is 6.13. The molecule has 1 aromatic heterocycles. The summed E-state index contributed by atoms with van der Waals surface area (Å²) in [6, 6.07) is 0. The van der Waals surface area contributed by atoms with Crippen molar-refractivity contribution in [3.63, 3.8) is 0 Å². The van der Waals surface area contributed by atoms with Gasteiger partial charge < -0.3 is 9.84 Å². The Hall–Kier alpha value is -0.660. The zero-order chi connectivity index (χ0) is 14.1. The van der Waals surface area contributed by atoms with Crippen LogP contribution in [0.5, 0.6) is 0 Å². The topological polar surface area (TPSA) is 42.4 Å². The normalized spacial score (nSPS) is 16.7. The van der Waals surface area contributed by atoms with Gasteiger partial charge in [0.1, 0.15) is 6.10 Å². The third-order valence-electron chi connectivity index (χ3n) is 2.45. The summed E-state index contributed by atoms with van der Waals surface area (Å²) in [5.41, 5.74) is -0.392. The molecule has 0 fully saturated rings. The van der Waals surface area contributed by atoms with Crippen LogP contribution < -0.4 is 0 Å². The minimum Gasteiger partial charge on any atom is -0.385 e. The molecule has 7 heteroatoms. The molecular formula is C11H16F3NO2S. The van der Waals surface area contributed by atoms with Crippen LogP contribution in [0, 0.1) is 5.41 Å². The lowest BCUT2D eigenvalue weighted by molar-refractivity contribution is -0.137. The largest absolute Gasteiger partial charge is 0.443 e. The minimum atomic E-state index is -4.48. The van der Waals surface area contributed by atoms with Gasteiger partial charge in [0, 0.05) is 13.3 Å². The molecule has 18 heavy (non-hydrogen) atoms. The molecule has 0 saturated heterocycles. The average Bonchev–Trinajstić information content (AvgIpc) is 2.63. The van der Waals surface area contributed by atoms with Gasteiger partial charge in [-0.15, -0.1) is 11.3 Å². The fourth-order valence-corrected chi connectivity index (χ4v) is 2.45. The lowest BCUT2D eigenvalue weighted by Crippen LogP contribution is -2.34. The van der Waals surface area contributed by atoms with Crippen molar-refractivity contribution in [1.29, 1.82) is 0 Å². The molecule has 1 rings (SSSR count). The summed E-state index contributed by atoms with van der Waals surface area (Å²) in [4.78, 5) is 3.44. The van der Waals surface area contributed by atoms with Gasteiger partial charge in [0.2, 0.25) is 0 Å².